The van der Waals surface area contributed by atoms with Crippen molar-refractivity contribution < 1.29 is 17.6 Å². The number of aromatic nitrogens is 4. The molecule has 0 atom stereocenters. The van der Waals surface area contributed by atoms with Crippen molar-refractivity contribution in [3.05, 3.63) is 167 Å². The Balaban J connectivity index is 0.000000164. The lowest BCUT2D eigenvalue weighted by Crippen LogP contribution is -2.02. The summed E-state index contributed by atoms with van der Waals surface area (Å²) in [6.07, 6.45) is 0.793. The maximum Gasteiger partial charge on any atom is 0.143 e. The molecule has 6 nitrogen and oxygen atoms in total. The van der Waals surface area contributed by atoms with E-state index in [-0.39, 0.29) is 23.3 Å². The van der Waals surface area contributed by atoms with E-state index < -0.39 is 0 Å². The van der Waals surface area contributed by atoms with Crippen molar-refractivity contribution in [2.75, 3.05) is 10.6 Å². The second-order valence-corrected chi connectivity index (χ2v) is 12.8. The third-order valence-electron chi connectivity index (χ3n) is 8.89. The van der Waals surface area contributed by atoms with E-state index in [0.717, 1.165) is 34.6 Å². The van der Waals surface area contributed by atoms with Crippen LogP contribution in [0.5, 0.6) is 0 Å². The van der Waals surface area contributed by atoms with Gasteiger partial charge in [0, 0.05) is 33.9 Å². The first-order chi connectivity index (χ1) is 25.6. The Hall–Kier alpha value is -6.42. The molecule has 0 spiro atoms. The highest BCUT2D eigenvalue weighted by Crippen LogP contribution is 2.36. The Morgan fingerprint density at radius 1 is 0.528 bits per heavy atom. The Morgan fingerprint density at radius 2 is 0.981 bits per heavy atom. The Labute approximate surface area is 304 Å². The van der Waals surface area contributed by atoms with Gasteiger partial charge in [0.25, 0.3) is 0 Å². The van der Waals surface area contributed by atoms with Crippen molar-refractivity contribution in [1.29, 1.82) is 0 Å². The zero-order valence-electron chi connectivity index (χ0n) is 29.6. The van der Waals surface area contributed by atoms with Gasteiger partial charge < -0.3 is 10.6 Å². The van der Waals surface area contributed by atoms with Crippen LogP contribution in [0.4, 0.5) is 40.6 Å². The minimum atomic E-state index is -0.334. The van der Waals surface area contributed by atoms with E-state index in [1.165, 1.54) is 36.4 Å². The molecule has 0 radical (unpaired) electrons. The number of aryl methyl sites for hydroxylation is 4. The third kappa shape index (κ3) is 7.21. The first kappa shape index (κ1) is 35.0. The van der Waals surface area contributed by atoms with Crippen molar-refractivity contribution in [3.63, 3.8) is 0 Å². The number of fused-ring (bicyclic) bond motifs is 2. The molecule has 0 aliphatic carbocycles. The number of hydrogen-bond donors (Lipinski definition) is 2. The maximum absolute atomic E-state index is 14.6. The summed E-state index contributed by atoms with van der Waals surface area (Å²) < 4.78 is 59.6. The van der Waals surface area contributed by atoms with Crippen LogP contribution < -0.4 is 10.6 Å². The zero-order chi connectivity index (χ0) is 37.2. The average molecular weight is 713 g/mol. The van der Waals surface area contributed by atoms with E-state index in [4.69, 9.17) is 4.98 Å². The molecule has 0 fully saturated rings. The Bertz CT molecular complexity index is 2570. The van der Waals surface area contributed by atoms with Gasteiger partial charge in [-0.2, -0.15) is 0 Å². The molecule has 8 aromatic rings. The highest BCUT2D eigenvalue weighted by molar-refractivity contribution is 5.82. The fourth-order valence-electron chi connectivity index (χ4n) is 6.28. The summed E-state index contributed by atoms with van der Waals surface area (Å²) in [7, 11) is 0. The topological polar surface area (TPSA) is 58.7 Å². The SMILES string of the molecule is CCc1cccc2nc(-c3cc(C)ccc3F)c(Nc3ccc(F)cc3)n12.Cc1ccc(F)c(-c2nc3cccc(C)n3c2Nc2ccc(F)cc2)c1. The van der Waals surface area contributed by atoms with Crippen LogP contribution in [0.1, 0.15) is 29.4 Å². The van der Waals surface area contributed by atoms with Gasteiger partial charge in [0.15, 0.2) is 0 Å². The van der Waals surface area contributed by atoms with Gasteiger partial charge in [-0.1, -0.05) is 42.3 Å². The maximum atomic E-state index is 14.6. The fraction of sp³-hybridized carbons (Fsp3) is 0.116. The van der Waals surface area contributed by atoms with Crippen LogP contribution in [0.3, 0.4) is 0 Å². The van der Waals surface area contributed by atoms with Crippen molar-refractivity contribution in [3.8, 4) is 22.5 Å². The van der Waals surface area contributed by atoms with Crippen LogP contribution in [0, 0.1) is 44.0 Å². The van der Waals surface area contributed by atoms with E-state index in [0.29, 0.717) is 51.2 Å². The molecular weight excluding hydrogens is 677 g/mol. The number of imidazole rings is 2. The predicted octanol–water partition coefficient (Wildman–Crippen LogP) is 11.5. The van der Waals surface area contributed by atoms with Crippen LogP contribution in [-0.2, 0) is 6.42 Å². The lowest BCUT2D eigenvalue weighted by molar-refractivity contribution is 0.627. The van der Waals surface area contributed by atoms with Crippen LogP contribution in [0.2, 0.25) is 0 Å². The summed E-state index contributed by atoms with van der Waals surface area (Å²) in [6.45, 7) is 7.85. The summed E-state index contributed by atoms with van der Waals surface area (Å²) >= 11 is 0. The number of anilines is 4. The average Bonchev–Trinajstić information content (AvgIpc) is 3.71. The van der Waals surface area contributed by atoms with Crippen molar-refractivity contribution in [2.45, 2.75) is 34.1 Å². The van der Waals surface area contributed by atoms with E-state index in [1.807, 2.05) is 66.0 Å². The predicted molar refractivity (Wildman–Crippen MR) is 204 cm³/mol. The number of nitrogens with zero attached hydrogens (tertiary/aromatic N) is 4. The summed E-state index contributed by atoms with van der Waals surface area (Å²) in [5.74, 6) is 0.0310. The molecule has 0 saturated carbocycles. The zero-order valence-corrected chi connectivity index (χ0v) is 29.6. The van der Waals surface area contributed by atoms with Gasteiger partial charge in [-0.05, 0) is 124 Å². The van der Waals surface area contributed by atoms with Gasteiger partial charge in [0.05, 0.1) is 0 Å². The molecule has 266 valence electrons. The van der Waals surface area contributed by atoms with Gasteiger partial charge >= 0.3 is 0 Å². The number of benzene rings is 4. The second kappa shape index (κ2) is 14.7. The van der Waals surface area contributed by atoms with Crippen molar-refractivity contribution >= 4 is 34.3 Å². The molecule has 8 rings (SSSR count). The smallest absolute Gasteiger partial charge is 0.143 e. The summed E-state index contributed by atoms with van der Waals surface area (Å²) in [5.41, 5.74) is 8.66. The summed E-state index contributed by atoms with van der Waals surface area (Å²) in [6, 6.07) is 33.7. The molecular formula is C43H36F4N6. The molecule has 0 bridgehead atoms. The minimum Gasteiger partial charge on any atom is -0.339 e. The highest BCUT2D eigenvalue weighted by atomic mass is 19.1. The first-order valence-electron chi connectivity index (χ1n) is 17.2. The number of rotatable bonds is 7. The van der Waals surface area contributed by atoms with E-state index in [1.54, 1.807) is 48.5 Å². The van der Waals surface area contributed by atoms with Crippen LogP contribution in [0.15, 0.2) is 121 Å². The Morgan fingerprint density at radius 3 is 1.47 bits per heavy atom. The normalized spacial score (nSPS) is 11.1. The monoisotopic (exact) mass is 712 g/mol. The molecule has 4 aromatic heterocycles. The molecule has 0 aliphatic heterocycles. The van der Waals surface area contributed by atoms with Crippen molar-refractivity contribution in [1.82, 2.24) is 18.8 Å². The molecule has 2 N–H and O–H groups in total. The molecule has 0 unspecified atom stereocenters. The molecule has 53 heavy (non-hydrogen) atoms. The van der Waals surface area contributed by atoms with Crippen LogP contribution in [0.25, 0.3) is 33.8 Å². The first-order valence-corrected chi connectivity index (χ1v) is 17.2. The molecule has 0 aliphatic rings. The third-order valence-corrected chi connectivity index (χ3v) is 8.89. The fourth-order valence-corrected chi connectivity index (χ4v) is 6.28. The lowest BCUT2D eigenvalue weighted by atomic mass is 10.1. The van der Waals surface area contributed by atoms with Gasteiger partial charge in [-0.3, -0.25) is 8.80 Å². The van der Waals surface area contributed by atoms with Gasteiger partial charge in [0.2, 0.25) is 0 Å². The largest absolute Gasteiger partial charge is 0.339 e. The number of nitrogens with one attached hydrogen (secondary N) is 2. The molecule has 4 aromatic carbocycles. The van der Waals surface area contributed by atoms with Crippen molar-refractivity contribution in [2.24, 2.45) is 0 Å². The van der Waals surface area contributed by atoms with Gasteiger partial charge in [-0.15, -0.1) is 0 Å². The molecule has 4 heterocycles. The van der Waals surface area contributed by atoms with Crippen LogP contribution >= 0.6 is 0 Å². The highest BCUT2D eigenvalue weighted by Gasteiger charge is 2.20. The van der Waals surface area contributed by atoms with Gasteiger partial charge in [-0.25, -0.2) is 27.5 Å². The summed E-state index contributed by atoms with van der Waals surface area (Å²) in [5, 5.41) is 6.59. The summed E-state index contributed by atoms with van der Waals surface area (Å²) in [4.78, 5) is 9.34. The number of pyridine rings is 2. The minimum absolute atomic E-state index is 0.308. The second-order valence-electron chi connectivity index (χ2n) is 12.8. The van der Waals surface area contributed by atoms with E-state index in [2.05, 4.69) is 22.5 Å². The molecule has 10 heteroatoms. The molecule has 0 amide bonds. The number of hydrogen-bond acceptors (Lipinski definition) is 4. The van der Waals surface area contributed by atoms with Gasteiger partial charge in [0.1, 0.15) is 57.6 Å². The number of halogens is 4. The lowest BCUT2D eigenvalue weighted by Gasteiger charge is -2.12. The van der Waals surface area contributed by atoms with E-state index in [9.17, 15) is 17.6 Å². The Kier molecular flexibility index (Phi) is 9.69. The van der Waals surface area contributed by atoms with Crippen LogP contribution in [-0.4, -0.2) is 18.8 Å². The quantitative estimate of drug-likeness (QED) is 0.162. The molecule has 0 saturated heterocycles. The van der Waals surface area contributed by atoms with E-state index >= 15 is 0 Å². The standard InChI is InChI=1S/C22H19F2N3.C21H17F2N3/c1-3-17-5-4-6-20-26-21(18-13-14(2)7-12-19(18)24)22(27(17)20)25-16-10-8-15(23)9-11-16;1-13-6-11-18(23)17(12-13)20-21(24-16-9-7-15(22)8-10-16)26-14(2)4-3-5-19(26)25-20/h4-13,25H,3H2,1-2H3;3-12,24H,1-2H3.